The fourth-order valence-corrected chi connectivity index (χ4v) is 2.82. The standard InChI is InChI=1S/C15H29BS/c1-7-11-12-14(5,8-2)13-16(17)15(6,9-3)10-4/h7,11-12,17H,1,8-10,13H2,2-6H3. The van der Waals surface area contributed by atoms with Gasteiger partial charge in [0.1, 0.15) is 0 Å². The van der Waals surface area contributed by atoms with Crippen LogP contribution < -0.4 is 0 Å². The highest BCUT2D eigenvalue weighted by Gasteiger charge is 2.36. The SMILES string of the molecule is C=CC=CC(C)(CC)CB(S)C(C)(CC)CC. The zero-order valence-electron chi connectivity index (χ0n) is 12.3. The number of allylic oxidation sites excluding steroid dienone is 3. The molecule has 0 aromatic carbocycles. The Labute approximate surface area is 114 Å². The first-order valence-corrected chi connectivity index (χ1v) is 7.37. The summed E-state index contributed by atoms with van der Waals surface area (Å²) >= 11 is 4.88. The molecule has 0 N–H and O–H groups in total. The first kappa shape index (κ1) is 16.9. The van der Waals surface area contributed by atoms with Gasteiger partial charge in [-0.05, 0) is 17.2 Å². The molecule has 0 saturated carbocycles. The van der Waals surface area contributed by atoms with Crippen LogP contribution in [0.15, 0.2) is 24.8 Å². The molecular formula is C15H29BS. The Morgan fingerprint density at radius 3 is 2.00 bits per heavy atom. The van der Waals surface area contributed by atoms with E-state index >= 15 is 0 Å². The third-order valence-electron chi connectivity index (χ3n) is 4.52. The molecule has 0 aromatic rings. The largest absolute Gasteiger partial charge is 0.226 e. The maximum atomic E-state index is 4.88. The summed E-state index contributed by atoms with van der Waals surface area (Å²) in [6.45, 7) is 15.2. The van der Waals surface area contributed by atoms with E-state index in [1.165, 1.54) is 12.8 Å². The van der Waals surface area contributed by atoms with Crippen LogP contribution in [0.1, 0.15) is 53.9 Å². The van der Waals surface area contributed by atoms with Gasteiger partial charge in [-0.1, -0.05) is 78.6 Å². The zero-order chi connectivity index (χ0) is 13.5. The van der Waals surface area contributed by atoms with Crippen molar-refractivity contribution < 1.29 is 0 Å². The first-order chi connectivity index (χ1) is 7.87. The summed E-state index contributed by atoms with van der Waals surface area (Å²) in [5, 5.41) is 0.349. The van der Waals surface area contributed by atoms with E-state index in [9.17, 15) is 0 Å². The number of rotatable bonds is 8. The molecule has 0 rings (SSSR count). The molecule has 17 heavy (non-hydrogen) atoms. The van der Waals surface area contributed by atoms with Crippen molar-refractivity contribution in [3.8, 4) is 0 Å². The van der Waals surface area contributed by atoms with Crippen LogP contribution in [-0.2, 0) is 0 Å². The Morgan fingerprint density at radius 2 is 1.65 bits per heavy atom. The van der Waals surface area contributed by atoms with Gasteiger partial charge in [-0.2, -0.15) is 0 Å². The van der Waals surface area contributed by atoms with E-state index in [4.69, 9.17) is 12.5 Å². The molecule has 0 aliphatic rings. The average Bonchev–Trinajstić information content (AvgIpc) is 2.35. The summed E-state index contributed by atoms with van der Waals surface area (Å²) in [7, 11) is 0. The lowest BCUT2D eigenvalue weighted by Crippen LogP contribution is -2.30. The van der Waals surface area contributed by atoms with E-state index in [2.05, 4.69) is 53.3 Å². The van der Waals surface area contributed by atoms with Crippen molar-refractivity contribution in [2.24, 2.45) is 5.41 Å². The highest BCUT2D eigenvalue weighted by molar-refractivity contribution is 8.10. The molecule has 0 heterocycles. The molecule has 0 spiro atoms. The third-order valence-corrected chi connectivity index (χ3v) is 5.33. The van der Waals surface area contributed by atoms with Gasteiger partial charge in [0.15, 0.2) is 0 Å². The van der Waals surface area contributed by atoms with Gasteiger partial charge in [0.05, 0.1) is 0 Å². The van der Waals surface area contributed by atoms with Crippen LogP contribution >= 0.6 is 12.5 Å². The van der Waals surface area contributed by atoms with E-state index in [1.807, 2.05) is 6.08 Å². The Bertz CT molecular complexity index is 256. The highest BCUT2D eigenvalue weighted by atomic mass is 32.1. The van der Waals surface area contributed by atoms with Gasteiger partial charge >= 0.3 is 0 Å². The number of hydrogen-bond acceptors (Lipinski definition) is 1. The van der Waals surface area contributed by atoms with E-state index in [0.29, 0.717) is 11.3 Å². The molecule has 1 atom stereocenters. The van der Waals surface area contributed by atoms with Gasteiger partial charge in [0, 0.05) is 0 Å². The Balaban J connectivity index is 4.78. The van der Waals surface area contributed by atoms with Crippen molar-refractivity contribution in [3.63, 3.8) is 0 Å². The van der Waals surface area contributed by atoms with Gasteiger partial charge in [-0.3, -0.25) is 0 Å². The molecule has 0 aliphatic heterocycles. The van der Waals surface area contributed by atoms with Crippen molar-refractivity contribution in [2.75, 3.05) is 0 Å². The van der Waals surface area contributed by atoms with Gasteiger partial charge < -0.3 is 0 Å². The summed E-state index contributed by atoms with van der Waals surface area (Å²) in [6.07, 6.45) is 10.9. The van der Waals surface area contributed by atoms with Crippen molar-refractivity contribution in [2.45, 2.75) is 65.5 Å². The lowest BCUT2D eigenvalue weighted by Gasteiger charge is -2.36. The Kier molecular flexibility index (Phi) is 7.31. The number of hydrogen-bond donors (Lipinski definition) is 1. The molecule has 0 fully saturated rings. The van der Waals surface area contributed by atoms with Gasteiger partial charge in [0.2, 0.25) is 5.99 Å². The van der Waals surface area contributed by atoms with Crippen LogP contribution in [-0.4, -0.2) is 5.99 Å². The van der Waals surface area contributed by atoms with Crippen molar-refractivity contribution in [1.29, 1.82) is 0 Å². The topological polar surface area (TPSA) is 0 Å². The zero-order valence-corrected chi connectivity index (χ0v) is 13.2. The highest BCUT2D eigenvalue weighted by Crippen LogP contribution is 2.45. The van der Waals surface area contributed by atoms with Crippen LogP contribution in [0.25, 0.3) is 0 Å². The molecular weight excluding hydrogens is 223 g/mol. The maximum Gasteiger partial charge on any atom is 0.212 e. The Hall–Kier alpha value is -0.105. The van der Waals surface area contributed by atoms with Crippen molar-refractivity contribution in [3.05, 3.63) is 24.8 Å². The van der Waals surface area contributed by atoms with Crippen LogP contribution in [0, 0.1) is 5.41 Å². The third kappa shape index (κ3) is 4.95. The summed E-state index contributed by atoms with van der Waals surface area (Å²) in [5.74, 6) is 0.455. The second kappa shape index (κ2) is 7.36. The van der Waals surface area contributed by atoms with E-state index in [-0.39, 0.29) is 5.41 Å². The monoisotopic (exact) mass is 252 g/mol. The predicted molar refractivity (Wildman–Crippen MR) is 86.2 cm³/mol. The van der Waals surface area contributed by atoms with Gasteiger partial charge in [-0.25, -0.2) is 12.5 Å². The molecule has 0 amide bonds. The van der Waals surface area contributed by atoms with E-state index in [1.54, 1.807) is 0 Å². The molecule has 0 aromatic heterocycles. The minimum atomic E-state index is 0.242. The Morgan fingerprint density at radius 1 is 1.12 bits per heavy atom. The molecule has 0 aliphatic carbocycles. The van der Waals surface area contributed by atoms with Gasteiger partial charge in [-0.15, -0.1) is 0 Å². The molecule has 1 unspecified atom stereocenters. The second-order valence-electron chi connectivity index (χ2n) is 5.68. The summed E-state index contributed by atoms with van der Waals surface area (Å²) < 4.78 is 0. The normalized spacial score (nSPS) is 15.9. The second-order valence-corrected chi connectivity index (χ2v) is 6.31. The minimum absolute atomic E-state index is 0.242. The van der Waals surface area contributed by atoms with Crippen molar-refractivity contribution in [1.82, 2.24) is 0 Å². The fraction of sp³-hybridized carbons (Fsp3) is 0.733. The molecule has 0 radical (unpaired) electrons. The molecule has 0 saturated heterocycles. The summed E-state index contributed by atoms with van der Waals surface area (Å²) in [4.78, 5) is 0. The molecule has 98 valence electrons. The summed E-state index contributed by atoms with van der Waals surface area (Å²) in [5.41, 5.74) is 0.242. The van der Waals surface area contributed by atoms with Crippen molar-refractivity contribution >= 4 is 18.5 Å². The van der Waals surface area contributed by atoms with Gasteiger partial charge in [0.25, 0.3) is 0 Å². The van der Waals surface area contributed by atoms with Crippen LogP contribution in [0.2, 0.25) is 11.6 Å². The smallest absolute Gasteiger partial charge is 0.212 e. The molecule has 2 heteroatoms. The number of thiol groups is 1. The minimum Gasteiger partial charge on any atom is -0.226 e. The molecule has 0 bridgehead atoms. The lowest BCUT2D eigenvalue weighted by atomic mass is 9.43. The van der Waals surface area contributed by atoms with Crippen LogP contribution in [0.4, 0.5) is 0 Å². The first-order valence-electron chi connectivity index (χ1n) is 6.85. The van der Waals surface area contributed by atoms with E-state index < -0.39 is 0 Å². The average molecular weight is 252 g/mol. The quantitative estimate of drug-likeness (QED) is 0.322. The fourth-order valence-electron chi connectivity index (χ4n) is 2.04. The maximum absolute atomic E-state index is 4.88. The van der Waals surface area contributed by atoms with Crippen LogP contribution in [0.3, 0.4) is 0 Å². The predicted octanol–water partition coefficient (Wildman–Crippen LogP) is 5.65. The summed E-state index contributed by atoms with van der Waals surface area (Å²) in [6, 6.07) is 0. The lowest BCUT2D eigenvalue weighted by molar-refractivity contribution is 0.447. The van der Waals surface area contributed by atoms with Crippen LogP contribution in [0.5, 0.6) is 0 Å². The van der Waals surface area contributed by atoms with E-state index in [0.717, 1.165) is 12.7 Å². The molecule has 0 nitrogen and oxygen atoms in total.